The van der Waals surface area contributed by atoms with E-state index in [1.165, 1.54) is 44.9 Å². The molecule has 1 spiro atoms. The number of hydrogen-bond acceptors (Lipinski definition) is 7. The Morgan fingerprint density at radius 2 is 1.40 bits per heavy atom. The van der Waals surface area contributed by atoms with Crippen LogP contribution in [0.2, 0.25) is 0 Å². The Morgan fingerprint density at radius 1 is 0.872 bits per heavy atom. The number of Topliss-reactive ketones (excluding diaryl/α,β-unsaturated/α-hetero) is 1. The zero-order valence-corrected chi connectivity index (χ0v) is 30.3. The summed E-state index contributed by atoms with van der Waals surface area (Å²) in [5, 5.41) is 25.0. The van der Waals surface area contributed by atoms with E-state index < -0.39 is 35.1 Å². The third kappa shape index (κ3) is 7.61. The van der Waals surface area contributed by atoms with Crippen LogP contribution in [-0.4, -0.2) is 52.4 Å². The lowest BCUT2D eigenvalue weighted by atomic mass is 9.59. The maximum absolute atomic E-state index is 14.8. The molecule has 0 amide bonds. The fourth-order valence-corrected chi connectivity index (χ4v) is 9.46. The number of aliphatic hydroxyl groups excluding tert-OH is 1. The summed E-state index contributed by atoms with van der Waals surface area (Å²) in [7, 11) is 0. The maximum Gasteiger partial charge on any atom is 0.306 e. The van der Waals surface area contributed by atoms with Gasteiger partial charge in [0.1, 0.15) is 12.7 Å². The molecule has 7 heteroatoms. The van der Waals surface area contributed by atoms with Crippen LogP contribution in [0.15, 0.2) is 23.3 Å². The number of ketones is 1. The van der Waals surface area contributed by atoms with Gasteiger partial charge in [0.2, 0.25) is 0 Å². The van der Waals surface area contributed by atoms with Crippen LogP contribution < -0.4 is 0 Å². The minimum absolute atomic E-state index is 0.0568. The molecular formula is C40H64O7. The van der Waals surface area contributed by atoms with Gasteiger partial charge in [-0.25, -0.2) is 0 Å². The van der Waals surface area contributed by atoms with Crippen molar-refractivity contribution in [2.75, 3.05) is 6.61 Å². The van der Waals surface area contributed by atoms with E-state index in [2.05, 4.69) is 27.7 Å². The number of hydrogen-bond donors (Lipinski definition) is 2. The first kappa shape index (κ1) is 37.8. The van der Waals surface area contributed by atoms with Crippen LogP contribution in [0.5, 0.6) is 0 Å². The van der Waals surface area contributed by atoms with Gasteiger partial charge < -0.3 is 19.7 Å². The average Bonchev–Trinajstić information content (AvgIpc) is 3.52. The molecule has 0 aromatic rings. The van der Waals surface area contributed by atoms with Crippen molar-refractivity contribution in [1.82, 2.24) is 0 Å². The molecule has 0 aliphatic heterocycles. The monoisotopic (exact) mass is 656 g/mol. The Balaban J connectivity index is 1.51. The van der Waals surface area contributed by atoms with Gasteiger partial charge in [-0.1, -0.05) is 124 Å². The molecule has 8 atom stereocenters. The predicted molar refractivity (Wildman–Crippen MR) is 184 cm³/mol. The summed E-state index contributed by atoms with van der Waals surface area (Å²) >= 11 is 0. The van der Waals surface area contributed by atoms with E-state index in [0.717, 1.165) is 44.9 Å². The van der Waals surface area contributed by atoms with Crippen LogP contribution in [-0.2, 0) is 23.9 Å². The lowest BCUT2D eigenvalue weighted by molar-refractivity contribution is -0.203. The second kappa shape index (κ2) is 16.1. The Labute approximate surface area is 284 Å². The van der Waals surface area contributed by atoms with Gasteiger partial charge >= 0.3 is 11.9 Å². The van der Waals surface area contributed by atoms with Crippen molar-refractivity contribution in [2.45, 2.75) is 169 Å². The molecule has 2 saturated carbocycles. The third-order valence-corrected chi connectivity index (χ3v) is 12.3. The zero-order valence-electron chi connectivity index (χ0n) is 30.3. The fraction of sp³-hybridized carbons (Fsp3) is 0.825. The number of carbonyl (C=O) groups excluding carboxylic acids is 3. The van der Waals surface area contributed by atoms with Crippen LogP contribution >= 0.6 is 0 Å². The highest BCUT2D eigenvalue weighted by Gasteiger charge is 2.76. The van der Waals surface area contributed by atoms with E-state index >= 15 is 0 Å². The summed E-state index contributed by atoms with van der Waals surface area (Å²) in [6.07, 6.45) is 17.2. The number of fused-ring (bicyclic) bond motifs is 3. The molecular weight excluding hydrogens is 592 g/mol. The highest BCUT2D eigenvalue weighted by atomic mass is 16.6. The van der Waals surface area contributed by atoms with E-state index in [-0.39, 0.29) is 47.9 Å². The summed E-state index contributed by atoms with van der Waals surface area (Å²) in [5.41, 5.74) is -2.67. The number of unbranched alkanes of at least 4 members (excludes halogenated alkanes) is 12. The van der Waals surface area contributed by atoms with Gasteiger partial charge in [0, 0.05) is 18.8 Å². The van der Waals surface area contributed by atoms with E-state index in [1.54, 1.807) is 13.0 Å². The number of esters is 2. The lowest BCUT2D eigenvalue weighted by Gasteiger charge is -2.48. The molecule has 0 aromatic carbocycles. The van der Waals surface area contributed by atoms with E-state index in [0.29, 0.717) is 24.0 Å². The largest absolute Gasteiger partial charge is 0.461 e. The van der Waals surface area contributed by atoms with Crippen molar-refractivity contribution in [2.24, 2.45) is 34.5 Å². The molecule has 2 bridgehead atoms. The van der Waals surface area contributed by atoms with Crippen LogP contribution in [0.4, 0.5) is 0 Å². The van der Waals surface area contributed by atoms with Gasteiger partial charge in [0.05, 0.1) is 5.41 Å². The Morgan fingerprint density at radius 3 is 1.98 bits per heavy atom. The van der Waals surface area contributed by atoms with E-state index in [9.17, 15) is 24.6 Å². The molecule has 4 rings (SSSR count). The van der Waals surface area contributed by atoms with Crippen LogP contribution in [0, 0.1) is 34.5 Å². The molecule has 47 heavy (non-hydrogen) atoms. The van der Waals surface area contributed by atoms with Gasteiger partial charge in [0.25, 0.3) is 0 Å². The van der Waals surface area contributed by atoms with E-state index in [1.807, 2.05) is 13.0 Å². The van der Waals surface area contributed by atoms with Crippen molar-refractivity contribution in [1.29, 1.82) is 0 Å². The topological polar surface area (TPSA) is 110 Å². The second-order valence-corrected chi connectivity index (χ2v) is 16.0. The third-order valence-electron chi connectivity index (χ3n) is 12.3. The van der Waals surface area contributed by atoms with Crippen molar-refractivity contribution in [3.8, 4) is 0 Å². The predicted octanol–water partition coefficient (Wildman–Crippen LogP) is 8.20. The molecule has 8 unspecified atom stereocenters. The Bertz CT molecular complexity index is 1170. The zero-order chi connectivity index (χ0) is 34.4. The van der Waals surface area contributed by atoms with Crippen molar-refractivity contribution < 1.29 is 34.1 Å². The van der Waals surface area contributed by atoms with Crippen molar-refractivity contribution >= 4 is 17.7 Å². The Kier molecular flexibility index (Phi) is 13.0. The molecule has 0 heterocycles. The molecule has 2 N–H and O–H groups in total. The fourth-order valence-electron chi connectivity index (χ4n) is 9.46. The summed E-state index contributed by atoms with van der Waals surface area (Å²) in [4.78, 5) is 40.8. The number of rotatable bonds is 19. The number of carbonyl (C=O) groups is 3. The van der Waals surface area contributed by atoms with Gasteiger partial charge in [-0.2, -0.15) is 0 Å². The number of aliphatic hydroxyl groups is 2. The van der Waals surface area contributed by atoms with Gasteiger partial charge in [0.15, 0.2) is 17.5 Å². The molecule has 2 fully saturated rings. The first-order valence-electron chi connectivity index (χ1n) is 19.1. The summed E-state index contributed by atoms with van der Waals surface area (Å²) < 4.78 is 11.8. The minimum atomic E-state index is -2.10. The number of allylic oxidation sites excluding steroid dienone is 1. The standard InChI is InChI=1S/C40H64O7/c1-7-9-11-13-15-17-19-21-32(41)46-26-29-24-30-34-31(38(34,5)6)23-28(4)39(36(30)44)25-27(3)37(40(39,45)35(29)43)47-33(42)22-20-18-16-14-12-10-8-2/h24-25,28,30-31,34-35,37,43,45H,7-23,26H2,1-6H3. The molecule has 4 aliphatic rings. The average molecular weight is 657 g/mol. The Hall–Kier alpha value is -1.99. The summed E-state index contributed by atoms with van der Waals surface area (Å²) in [6, 6.07) is 0. The molecule has 0 aromatic heterocycles. The lowest BCUT2D eigenvalue weighted by Crippen LogP contribution is -2.65. The molecule has 4 aliphatic carbocycles. The first-order valence-corrected chi connectivity index (χ1v) is 19.1. The van der Waals surface area contributed by atoms with Gasteiger partial charge in [-0.15, -0.1) is 0 Å². The van der Waals surface area contributed by atoms with E-state index in [4.69, 9.17) is 9.47 Å². The van der Waals surface area contributed by atoms with Gasteiger partial charge in [-0.3, -0.25) is 14.4 Å². The van der Waals surface area contributed by atoms with Crippen molar-refractivity contribution in [3.05, 3.63) is 23.3 Å². The molecule has 0 radical (unpaired) electrons. The van der Waals surface area contributed by atoms with Crippen LogP contribution in [0.3, 0.4) is 0 Å². The quantitative estimate of drug-likeness (QED) is 0.0819. The minimum Gasteiger partial charge on any atom is -0.461 e. The smallest absolute Gasteiger partial charge is 0.306 e. The molecule has 7 nitrogen and oxygen atoms in total. The summed E-state index contributed by atoms with van der Waals surface area (Å²) in [6.45, 7) is 12.3. The van der Waals surface area contributed by atoms with Gasteiger partial charge in [-0.05, 0) is 60.5 Å². The second-order valence-electron chi connectivity index (χ2n) is 16.0. The number of ether oxygens (including phenoxy) is 2. The van der Waals surface area contributed by atoms with Crippen molar-refractivity contribution in [3.63, 3.8) is 0 Å². The molecule has 266 valence electrons. The SMILES string of the molecule is CCCCCCCCCC(=O)OCC1=CC2C(=O)C3(C=C(C)C(OC(=O)CCCCCCCCC)C3(O)C1O)C(C)CC1C2C1(C)C. The first-order chi connectivity index (χ1) is 22.4. The highest BCUT2D eigenvalue weighted by Crippen LogP contribution is 2.71. The molecule has 0 saturated heterocycles. The normalized spacial score (nSPS) is 33.6. The van der Waals surface area contributed by atoms with Crippen LogP contribution in [0.1, 0.15) is 151 Å². The van der Waals surface area contributed by atoms with Crippen LogP contribution in [0.25, 0.3) is 0 Å². The summed E-state index contributed by atoms with van der Waals surface area (Å²) in [5.74, 6) is -1.37. The highest BCUT2D eigenvalue weighted by molar-refractivity contribution is 5.95. The maximum atomic E-state index is 14.8.